The summed E-state index contributed by atoms with van der Waals surface area (Å²) in [6.07, 6.45) is 0. The summed E-state index contributed by atoms with van der Waals surface area (Å²) in [5.41, 5.74) is 1.57. The van der Waals surface area contributed by atoms with Crippen LogP contribution in [0.25, 0.3) is 0 Å². The van der Waals surface area contributed by atoms with Crippen LogP contribution in [0.15, 0.2) is 53.0 Å². The molecule has 0 saturated carbocycles. The molecule has 0 bridgehead atoms. The summed E-state index contributed by atoms with van der Waals surface area (Å²) in [5.74, 6) is -0.638. The predicted molar refractivity (Wildman–Crippen MR) is 93.6 cm³/mol. The summed E-state index contributed by atoms with van der Waals surface area (Å²) < 4.78 is 24.1. The molecule has 0 saturated heterocycles. The Hall–Kier alpha value is -0.840. The van der Waals surface area contributed by atoms with Crippen molar-refractivity contribution < 1.29 is 13.6 Å². The second-order valence-corrected chi connectivity index (χ2v) is 8.19. The Labute approximate surface area is 143 Å². The molecule has 118 valence electrons. The zero-order chi connectivity index (χ0) is 16.2. The van der Waals surface area contributed by atoms with E-state index in [9.17, 15) is 4.57 Å². The first kappa shape index (κ1) is 17.5. The van der Waals surface area contributed by atoms with Crippen molar-refractivity contribution in [2.75, 3.05) is 19.5 Å². The SMILES string of the molecule is COP(=O)(OC)C(Nc1ccc(Br)cc1)c1ccc(Cl)cc1. The Morgan fingerprint density at radius 2 is 1.59 bits per heavy atom. The summed E-state index contributed by atoms with van der Waals surface area (Å²) in [6, 6.07) is 14.6. The fraction of sp³-hybridized carbons (Fsp3) is 0.200. The second-order valence-electron chi connectivity index (χ2n) is 4.51. The van der Waals surface area contributed by atoms with Gasteiger partial charge in [0.25, 0.3) is 0 Å². The van der Waals surface area contributed by atoms with Crippen molar-refractivity contribution in [3.63, 3.8) is 0 Å². The van der Waals surface area contributed by atoms with E-state index in [-0.39, 0.29) is 0 Å². The number of anilines is 1. The first-order valence-electron chi connectivity index (χ1n) is 6.47. The first-order chi connectivity index (χ1) is 10.5. The van der Waals surface area contributed by atoms with Crippen LogP contribution >= 0.6 is 35.1 Å². The lowest BCUT2D eigenvalue weighted by atomic mass is 10.2. The van der Waals surface area contributed by atoms with Crippen LogP contribution in [0.1, 0.15) is 11.3 Å². The number of benzene rings is 2. The van der Waals surface area contributed by atoms with Gasteiger partial charge in [-0.15, -0.1) is 0 Å². The zero-order valence-electron chi connectivity index (χ0n) is 12.1. The lowest BCUT2D eigenvalue weighted by Crippen LogP contribution is -2.13. The van der Waals surface area contributed by atoms with Crippen molar-refractivity contribution in [1.29, 1.82) is 0 Å². The van der Waals surface area contributed by atoms with Crippen molar-refractivity contribution in [1.82, 2.24) is 0 Å². The van der Waals surface area contributed by atoms with E-state index >= 15 is 0 Å². The minimum absolute atomic E-state index is 0.607. The van der Waals surface area contributed by atoms with Crippen LogP contribution in [0.4, 0.5) is 5.69 Å². The Kier molecular flexibility index (Phi) is 6.07. The van der Waals surface area contributed by atoms with E-state index in [4.69, 9.17) is 20.6 Å². The molecule has 4 nitrogen and oxygen atoms in total. The van der Waals surface area contributed by atoms with Gasteiger partial charge in [0.05, 0.1) is 0 Å². The van der Waals surface area contributed by atoms with Gasteiger partial charge in [-0.25, -0.2) is 0 Å². The summed E-state index contributed by atoms with van der Waals surface area (Å²) >= 11 is 9.30. The maximum Gasteiger partial charge on any atom is 0.356 e. The third kappa shape index (κ3) is 4.12. The summed E-state index contributed by atoms with van der Waals surface area (Å²) in [5, 5.41) is 3.81. The molecule has 22 heavy (non-hydrogen) atoms. The van der Waals surface area contributed by atoms with Crippen molar-refractivity contribution in [3.05, 3.63) is 63.6 Å². The lowest BCUT2D eigenvalue weighted by Gasteiger charge is -2.26. The van der Waals surface area contributed by atoms with Crippen molar-refractivity contribution in [3.8, 4) is 0 Å². The van der Waals surface area contributed by atoms with Gasteiger partial charge in [0, 0.05) is 29.4 Å². The largest absolute Gasteiger partial charge is 0.368 e. The van der Waals surface area contributed by atoms with E-state index in [2.05, 4.69) is 21.2 Å². The van der Waals surface area contributed by atoms with E-state index in [1.807, 2.05) is 24.3 Å². The van der Waals surface area contributed by atoms with Gasteiger partial charge in [-0.1, -0.05) is 39.7 Å². The highest BCUT2D eigenvalue weighted by molar-refractivity contribution is 9.10. The normalized spacial score (nSPS) is 12.9. The highest BCUT2D eigenvalue weighted by atomic mass is 79.9. The Balaban J connectivity index is 2.39. The monoisotopic (exact) mass is 403 g/mol. The standard InChI is InChI=1S/C15H16BrClNO3P/c1-20-22(19,21-2)15(11-3-7-13(17)8-4-11)18-14-9-5-12(16)6-10-14/h3-10,15,18H,1-2H3. The molecule has 2 rings (SSSR count). The average Bonchev–Trinajstić information content (AvgIpc) is 2.54. The van der Waals surface area contributed by atoms with E-state index in [0.29, 0.717) is 5.02 Å². The molecule has 0 aromatic heterocycles. The van der Waals surface area contributed by atoms with Crippen LogP contribution in [0, 0.1) is 0 Å². The number of nitrogens with one attached hydrogen (secondary N) is 1. The van der Waals surface area contributed by atoms with E-state index in [1.165, 1.54) is 14.2 Å². The highest BCUT2D eigenvalue weighted by Crippen LogP contribution is 2.59. The number of rotatable bonds is 6. The Bertz CT molecular complexity index is 655. The molecule has 1 N–H and O–H groups in total. The Morgan fingerprint density at radius 1 is 1.05 bits per heavy atom. The van der Waals surface area contributed by atoms with E-state index in [1.54, 1.807) is 24.3 Å². The zero-order valence-corrected chi connectivity index (χ0v) is 15.4. The summed E-state index contributed by atoms with van der Waals surface area (Å²) in [7, 11) is -0.629. The predicted octanol–water partition coefficient (Wildman–Crippen LogP) is 5.70. The molecule has 0 spiro atoms. The lowest BCUT2D eigenvalue weighted by molar-refractivity contribution is 0.268. The highest BCUT2D eigenvalue weighted by Gasteiger charge is 2.35. The van der Waals surface area contributed by atoms with Crippen LogP contribution < -0.4 is 5.32 Å². The summed E-state index contributed by atoms with van der Waals surface area (Å²) in [6.45, 7) is 0. The molecule has 0 aliphatic heterocycles. The molecule has 0 fully saturated rings. The van der Waals surface area contributed by atoms with E-state index < -0.39 is 13.4 Å². The second kappa shape index (κ2) is 7.62. The van der Waals surface area contributed by atoms with Gasteiger partial charge in [0.1, 0.15) is 0 Å². The molecule has 2 aromatic carbocycles. The molecule has 0 aliphatic carbocycles. The van der Waals surface area contributed by atoms with Crippen LogP contribution in [0.3, 0.4) is 0 Å². The van der Waals surface area contributed by atoms with Crippen LogP contribution in [0.5, 0.6) is 0 Å². The minimum atomic E-state index is -3.37. The van der Waals surface area contributed by atoms with E-state index in [0.717, 1.165) is 15.7 Å². The molecule has 0 heterocycles. The Morgan fingerprint density at radius 3 is 2.09 bits per heavy atom. The molecular formula is C15H16BrClNO3P. The minimum Gasteiger partial charge on any atom is -0.368 e. The molecule has 1 unspecified atom stereocenters. The van der Waals surface area contributed by atoms with Crippen molar-refractivity contribution in [2.24, 2.45) is 0 Å². The van der Waals surface area contributed by atoms with Gasteiger partial charge in [-0.05, 0) is 42.0 Å². The molecular weight excluding hydrogens is 389 g/mol. The molecule has 0 aliphatic rings. The van der Waals surface area contributed by atoms with Gasteiger partial charge < -0.3 is 14.4 Å². The van der Waals surface area contributed by atoms with Gasteiger partial charge in [-0.3, -0.25) is 4.57 Å². The van der Waals surface area contributed by atoms with Crippen molar-refractivity contribution >= 4 is 40.8 Å². The first-order valence-corrected chi connectivity index (χ1v) is 9.25. The third-order valence-electron chi connectivity index (χ3n) is 3.16. The number of halogens is 2. The smallest absolute Gasteiger partial charge is 0.356 e. The third-order valence-corrected chi connectivity index (χ3v) is 6.02. The topological polar surface area (TPSA) is 47.6 Å². The van der Waals surface area contributed by atoms with Crippen LogP contribution in [0.2, 0.25) is 5.02 Å². The maximum atomic E-state index is 12.9. The van der Waals surface area contributed by atoms with Crippen molar-refractivity contribution in [2.45, 2.75) is 5.78 Å². The molecule has 2 aromatic rings. The molecule has 1 atom stereocenters. The number of hydrogen-bond acceptors (Lipinski definition) is 4. The van der Waals surface area contributed by atoms with Crippen LogP contribution in [-0.4, -0.2) is 14.2 Å². The van der Waals surface area contributed by atoms with Crippen LogP contribution in [-0.2, 0) is 13.6 Å². The fourth-order valence-electron chi connectivity index (χ4n) is 1.98. The molecule has 7 heteroatoms. The maximum absolute atomic E-state index is 12.9. The quantitative estimate of drug-likeness (QED) is 0.628. The van der Waals surface area contributed by atoms with Gasteiger partial charge in [0.2, 0.25) is 0 Å². The average molecular weight is 405 g/mol. The van der Waals surface area contributed by atoms with Gasteiger partial charge >= 0.3 is 7.60 Å². The molecule has 0 amide bonds. The summed E-state index contributed by atoms with van der Waals surface area (Å²) in [4.78, 5) is 0. The molecule has 0 radical (unpaired) electrons. The number of hydrogen-bond donors (Lipinski definition) is 1. The van der Waals surface area contributed by atoms with Gasteiger partial charge in [-0.2, -0.15) is 0 Å². The fourth-order valence-corrected chi connectivity index (χ4v) is 3.78. The van der Waals surface area contributed by atoms with Gasteiger partial charge in [0.15, 0.2) is 5.78 Å².